The summed E-state index contributed by atoms with van der Waals surface area (Å²) in [7, 11) is 0. The highest BCUT2D eigenvalue weighted by molar-refractivity contribution is 5.59. The van der Waals surface area contributed by atoms with Crippen molar-refractivity contribution >= 4 is 0 Å². The molecule has 0 spiro atoms. The Hall–Kier alpha value is -2.91. The minimum absolute atomic E-state index is 0.0601. The number of pyridine rings is 1. The van der Waals surface area contributed by atoms with Crippen molar-refractivity contribution in [3.8, 4) is 11.4 Å². The predicted molar refractivity (Wildman–Crippen MR) is 74.1 cm³/mol. The Kier molecular flexibility index (Phi) is 3.74. The van der Waals surface area contributed by atoms with Crippen molar-refractivity contribution in [1.29, 1.82) is 0 Å². The third-order valence-corrected chi connectivity index (χ3v) is 3.32. The zero-order valence-electron chi connectivity index (χ0n) is 12.6. The second kappa shape index (κ2) is 5.62. The van der Waals surface area contributed by atoms with Crippen LogP contribution in [0.4, 0.5) is 13.2 Å². The summed E-state index contributed by atoms with van der Waals surface area (Å²) in [5.41, 5.74) is 0.331. The molecule has 0 aliphatic rings. The average Bonchev–Trinajstić information content (AvgIpc) is 3.08. The van der Waals surface area contributed by atoms with Gasteiger partial charge in [0, 0.05) is 30.7 Å². The number of H-pyrrole nitrogens is 1. The Bertz CT molecular complexity index is 939. The Morgan fingerprint density at radius 2 is 2.00 bits per heavy atom. The summed E-state index contributed by atoms with van der Waals surface area (Å²) in [5.74, 6) is -0.848. The van der Waals surface area contributed by atoms with Crippen LogP contribution < -0.4 is 5.56 Å². The van der Waals surface area contributed by atoms with Crippen molar-refractivity contribution in [1.82, 2.24) is 20.1 Å². The number of nitrogens with one attached hydrogen (secondary N) is 1. The van der Waals surface area contributed by atoms with Crippen molar-refractivity contribution in [2.24, 2.45) is 0 Å². The molecule has 3 rings (SSSR count). The number of aryl methyl sites for hydroxylation is 2. The Labute approximate surface area is 132 Å². The number of rotatable bonds is 3. The van der Waals surface area contributed by atoms with E-state index in [4.69, 9.17) is 4.42 Å². The van der Waals surface area contributed by atoms with E-state index >= 15 is 0 Å². The fourth-order valence-corrected chi connectivity index (χ4v) is 2.25. The van der Waals surface area contributed by atoms with Crippen LogP contribution in [0.3, 0.4) is 0 Å². The molecule has 0 saturated heterocycles. The van der Waals surface area contributed by atoms with Gasteiger partial charge < -0.3 is 13.9 Å². The lowest BCUT2D eigenvalue weighted by Crippen LogP contribution is -2.15. The zero-order valence-corrected chi connectivity index (χ0v) is 12.6. The molecule has 1 N–H and O–H groups in total. The highest BCUT2D eigenvalue weighted by atomic mass is 19.4. The lowest BCUT2D eigenvalue weighted by atomic mass is 10.0. The minimum atomic E-state index is -4.76. The van der Waals surface area contributed by atoms with Crippen molar-refractivity contribution < 1.29 is 22.1 Å². The summed E-state index contributed by atoms with van der Waals surface area (Å²) in [6, 6.07) is 1.41. The van der Waals surface area contributed by atoms with Gasteiger partial charge in [-0.05, 0) is 13.0 Å². The van der Waals surface area contributed by atoms with Crippen molar-refractivity contribution in [2.75, 3.05) is 0 Å². The molecule has 3 heterocycles. The van der Waals surface area contributed by atoms with Gasteiger partial charge in [0.2, 0.25) is 5.82 Å². The molecule has 0 fully saturated rings. The SMILES string of the molecule is Cc1nc(Cc2c(-c3noc(C(F)(F)F)n3)cc[nH]c2=O)c(C)o1. The quantitative estimate of drug-likeness (QED) is 0.787. The second-order valence-electron chi connectivity index (χ2n) is 5.03. The zero-order chi connectivity index (χ0) is 17.5. The average molecular weight is 340 g/mol. The van der Waals surface area contributed by atoms with E-state index < -0.39 is 17.6 Å². The molecule has 0 bridgehead atoms. The van der Waals surface area contributed by atoms with Gasteiger partial charge in [0.05, 0.1) is 5.69 Å². The summed E-state index contributed by atoms with van der Waals surface area (Å²) < 4.78 is 47.4. The van der Waals surface area contributed by atoms with Crippen LogP contribution in [-0.2, 0) is 12.6 Å². The fourth-order valence-electron chi connectivity index (χ4n) is 2.25. The Morgan fingerprint density at radius 1 is 1.25 bits per heavy atom. The number of hydrogen-bond acceptors (Lipinski definition) is 6. The number of halogens is 3. The monoisotopic (exact) mass is 340 g/mol. The lowest BCUT2D eigenvalue weighted by Gasteiger charge is -2.03. The summed E-state index contributed by atoms with van der Waals surface area (Å²) in [4.78, 5) is 22.1. The maximum Gasteiger partial charge on any atom is 0.471 e. The molecule has 3 aromatic rings. The van der Waals surface area contributed by atoms with E-state index in [1.807, 2.05) is 0 Å². The van der Waals surface area contributed by atoms with Crippen LogP contribution in [0, 0.1) is 13.8 Å². The van der Waals surface area contributed by atoms with Gasteiger partial charge in [-0.25, -0.2) is 4.98 Å². The first-order chi connectivity index (χ1) is 11.3. The lowest BCUT2D eigenvalue weighted by molar-refractivity contribution is -0.159. The molecule has 0 radical (unpaired) electrons. The molecule has 24 heavy (non-hydrogen) atoms. The summed E-state index contributed by atoms with van der Waals surface area (Å²) in [6.07, 6.45) is -3.40. The van der Waals surface area contributed by atoms with Crippen LogP contribution in [-0.4, -0.2) is 20.1 Å². The molecule has 0 aromatic carbocycles. The molecule has 0 amide bonds. The maximum atomic E-state index is 12.6. The highest BCUT2D eigenvalue weighted by Gasteiger charge is 2.38. The number of hydrogen-bond donors (Lipinski definition) is 1. The van der Waals surface area contributed by atoms with Crippen LogP contribution in [0.2, 0.25) is 0 Å². The van der Waals surface area contributed by atoms with Gasteiger partial charge in [-0.3, -0.25) is 4.79 Å². The number of aromatic nitrogens is 4. The van der Waals surface area contributed by atoms with Crippen LogP contribution >= 0.6 is 0 Å². The van der Waals surface area contributed by atoms with Gasteiger partial charge in [-0.2, -0.15) is 18.2 Å². The normalized spacial score (nSPS) is 11.9. The third kappa shape index (κ3) is 2.94. The fraction of sp³-hybridized carbons (Fsp3) is 0.286. The van der Waals surface area contributed by atoms with Crippen LogP contribution in [0.1, 0.15) is 28.8 Å². The van der Waals surface area contributed by atoms with Crippen molar-refractivity contribution in [2.45, 2.75) is 26.4 Å². The van der Waals surface area contributed by atoms with E-state index in [0.29, 0.717) is 17.3 Å². The van der Waals surface area contributed by atoms with E-state index in [1.165, 1.54) is 12.3 Å². The van der Waals surface area contributed by atoms with E-state index in [0.717, 1.165) is 0 Å². The Balaban J connectivity index is 2.06. The van der Waals surface area contributed by atoms with Gasteiger partial charge in [0.1, 0.15) is 5.76 Å². The first-order valence-corrected chi connectivity index (χ1v) is 6.80. The molecule has 126 valence electrons. The molecule has 0 aliphatic carbocycles. The smallest absolute Gasteiger partial charge is 0.446 e. The van der Waals surface area contributed by atoms with E-state index in [-0.39, 0.29) is 23.4 Å². The molecular weight excluding hydrogens is 329 g/mol. The molecular formula is C14H11F3N4O3. The van der Waals surface area contributed by atoms with Gasteiger partial charge in [0.15, 0.2) is 5.89 Å². The minimum Gasteiger partial charge on any atom is -0.446 e. The topological polar surface area (TPSA) is 97.8 Å². The first-order valence-electron chi connectivity index (χ1n) is 6.80. The van der Waals surface area contributed by atoms with E-state index in [1.54, 1.807) is 13.8 Å². The predicted octanol–water partition coefficient (Wildman–Crippen LogP) is 2.64. The number of oxazole rings is 1. The maximum absolute atomic E-state index is 12.6. The van der Waals surface area contributed by atoms with Crippen LogP contribution in [0.15, 0.2) is 26.0 Å². The largest absolute Gasteiger partial charge is 0.471 e. The molecule has 7 nitrogen and oxygen atoms in total. The Morgan fingerprint density at radius 3 is 2.58 bits per heavy atom. The van der Waals surface area contributed by atoms with Crippen molar-refractivity contribution in [3.05, 3.63) is 51.4 Å². The van der Waals surface area contributed by atoms with Gasteiger partial charge >= 0.3 is 12.1 Å². The highest BCUT2D eigenvalue weighted by Crippen LogP contribution is 2.30. The molecule has 0 unspecified atom stereocenters. The van der Waals surface area contributed by atoms with Gasteiger partial charge in [0.25, 0.3) is 5.56 Å². The number of aromatic amines is 1. The molecule has 3 aromatic heterocycles. The first kappa shape index (κ1) is 16.0. The number of nitrogens with zero attached hydrogens (tertiary/aromatic N) is 3. The van der Waals surface area contributed by atoms with Crippen molar-refractivity contribution in [3.63, 3.8) is 0 Å². The van der Waals surface area contributed by atoms with E-state index in [2.05, 4.69) is 24.6 Å². The summed E-state index contributed by atoms with van der Waals surface area (Å²) >= 11 is 0. The van der Waals surface area contributed by atoms with Gasteiger partial charge in [-0.15, -0.1) is 0 Å². The summed E-state index contributed by atoms with van der Waals surface area (Å²) in [5, 5.41) is 3.32. The molecule has 10 heteroatoms. The van der Waals surface area contributed by atoms with Crippen LogP contribution in [0.5, 0.6) is 0 Å². The van der Waals surface area contributed by atoms with E-state index in [9.17, 15) is 18.0 Å². The van der Waals surface area contributed by atoms with Crippen LogP contribution in [0.25, 0.3) is 11.4 Å². The molecule has 0 atom stereocenters. The molecule has 0 aliphatic heterocycles. The molecule has 0 saturated carbocycles. The van der Waals surface area contributed by atoms with Gasteiger partial charge in [-0.1, -0.05) is 5.16 Å². The standard InChI is InChI=1S/C14H11F3N4O3/c1-6-10(19-7(2)23-6)5-9-8(3-4-18-12(9)22)11-20-13(24-21-11)14(15,16)17/h3-4H,5H2,1-2H3,(H,18,22). The summed E-state index contributed by atoms with van der Waals surface area (Å²) in [6.45, 7) is 3.34. The second-order valence-corrected chi connectivity index (χ2v) is 5.03. The number of alkyl halides is 3. The third-order valence-electron chi connectivity index (χ3n) is 3.32.